The average Bonchev–Trinajstić information content (AvgIpc) is 1.96. The van der Waals surface area contributed by atoms with Crippen LogP contribution in [0, 0.1) is 0 Å². The summed E-state index contributed by atoms with van der Waals surface area (Å²) in [6.07, 6.45) is 0.641. The molecular formula is C6H12O5S. The maximum atomic E-state index is 10.6. The highest BCUT2D eigenvalue weighted by Crippen LogP contribution is 1.91. The molecule has 5 nitrogen and oxygen atoms in total. The summed E-state index contributed by atoms with van der Waals surface area (Å²) < 4.78 is 29.8. The van der Waals surface area contributed by atoms with Crippen LogP contribution >= 0.6 is 0 Å². The van der Waals surface area contributed by atoms with Gasteiger partial charge < -0.3 is 9.47 Å². The van der Waals surface area contributed by atoms with Crippen molar-refractivity contribution in [3.8, 4) is 0 Å². The maximum absolute atomic E-state index is 10.6. The molecular weight excluding hydrogens is 184 g/mol. The Morgan fingerprint density at radius 3 is 2.42 bits per heavy atom. The number of carbonyl (C=O) groups excluding carboxylic acids is 1. The number of carbonyl (C=O) groups is 1. The molecule has 0 saturated heterocycles. The molecule has 0 bridgehead atoms. The van der Waals surface area contributed by atoms with E-state index in [9.17, 15) is 13.2 Å². The van der Waals surface area contributed by atoms with Crippen molar-refractivity contribution >= 4 is 16.0 Å². The lowest BCUT2D eigenvalue weighted by Crippen LogP contribution is -2.10. The third kappa shape index (κ3) is 7.33. The van der Waals surface area contributed by atoms with Crippen LogP contribution in [0.25, 0.3) is 0 Å². The van der Waals surface area contributed by atoms with Gasteiger partial charge in [-0.05, 0) is 6.42 Å². The molecule has 0 saturated carbocycles. The van der Waals surface area contributed by atoms with Gasteiger partial charge in [-0.2, -0.15) is 0 Å². The molecule has 0 aliphatic heterocycles. The topological polar surface area (TPSA) is 69.7 Å². The number of methoxy groups -OCH3 is 1. The van der Waals surface area contributed by atoms with E-state index in [1.54, 1.807) is 0 Å². The fourth-order valence-electron chi connectivity index (χ4n) is 0.536. The van der Waals surface area contributed by atoms with Gasteiger partial charge in [0.25, 0.3) is 0 Å². The van der Waals surface area contributed by atoms with Crippen LogP contribution in [-0.2, 0) is 19.3 Å². The summed E-state index contributed by atoms with van der Waals surface area (Å²) >= 11 is 0. The summed E-state index contributed by atoms with van der Waals surface area (Å²) in [5.74, 6) is 0.0179. The molecule has 0 rings (SSSR count). The van der Waals surface area contributed by atoms with Crippen molar-refractivity contribution in [2.45, 2.75) is 6.42 Å². The summed E-state index contributed by atoms with van der Waals surface area (Å²) in [5, 5.41) is 0. The number of hydrogen-bond acceptors (Lipinski definition) is 5. The molecule has 0 spiro atoms. The lowest BCUT2D eigenvalue weighted by atomic mass is 10.5. The van der Waals surface area contributed by atoms with E-state index in [4.69, 9.17) is 0 Å². The molecule has 0 atom stereocenters. The van der Waals surface area contributed by atoms with Gasteiger partial charge in [-0.1, -0.05) is 0 Å². The van der Waals surface area contributed by atoms with Gasteiger partial charge in [0, 0.05) is 6.26 Å². The van der Waals surface area contributed by atoms with E-state index in [1.165, 1.54) is 7.11 Å². The smallest absolute Gasteiger partial charge is 0.438 e. The monoisotopic (exact) mass is 196 g/mol. The molecule has 0 aliphatic rings. The first-order valence-corrected chi connectivity index (χ1v) is 5.40. The first kappa shape index (κ1) is 11.2. The molecule has 0 aromatic heterocycles. The molecule has 0 aromatic carbocycles. The zero-order chi connectivity index (χ0) is 9.61. The van der Waals surface area contributed by atoms with Crippen molar-refractivity contribution in [3.05, 3.63) is 0 Å². The molecule has 6 heteroatoms. The van der Waals surface area contributed by atoms with Gasteiger partial charge in [0.15, 0.2) is 0 Å². The van der Waals surface area contributed by atoms with Crippen LogP contribution in [0.5, 0.6) is 0 Å². The van der Waals surface area contributed by atoms with Gasteiger partial charge in [-0.3, -0.25) is 0 Å². The van der Waals surface area contributed by atoms with Gasteiger partial charge >= 0.3 is 6.16 Å². The van der Waals surface area contributed by atoms with Gasteiger partial charge in [0.1, 0.15) is 9.84 Å². The summed E-state index contributed by atoms with van der Waals surface area (Å²) in [6, 6.07) is 0. The number of sulfone groups is 1. The van der Waals surface area contributed by atoms with Crippen LogP contribution < -0.4 is 0 Å². The molecule has 72 valence electrons. The van der Waals surface area contributed by atoms with Crippen molar-refractivity contribution in [3.63, 3.8) is 0 Å². The number of rotatable bonds is 4. The Balaban J connectivity index is 3.40. The number of ether oxygens (including phenoxy) is 2. The van der Waals surface area contributed by atoms with Crippen molar-refractivity contribution in [2.24, 2.45) is 0 Å². The summed E-state index contributed by atoms with van der Waals surface area (Å²) in [4.78, 5) is 10.3. The quantitative estimate of drug-likeness (QED) is 0.474. The third-order valence-electron chi connectivity index (χ3n) is 1.05. The van der Waals surface area contributed by atoms with Crippen LogP contribution in [0.1, 0.15) is 6.42 Å². The average molecular weight is 196 g/mol. The van der Waals surface area contributed by atoms with Gasteiger partial charge in [0.2, 0.25) is 0 Å². The standard InChI is InChI=1S/C6H12O5S/c1-10-6(7)11-4-3-5-12(2,8)9/h3-5H2,1-2H3. The molecule has 12 heavy (non-hydrogen) atoms. The summed E-state index contributed by atoms with van der Waals surface area (Å²) in [7, 11) is -1.77. The lowest BCUT2D eigenvalue weighted by molar-refractivity contribution is 0.0730. The lowest BCUT2D eigenvalue weighted by Gasteiger charge is -2.01. The van der Waals surface area contributed by atoms with E-state index in [1.807, 2.05) is 0 Å². The van der Waals surface area contributed by atoms with Crippen LogP contribution in [0.15, 0.2) is 0 Å². The second kappa shape index (κ2) is 4.97. The maximum Gasteiger partial charge on any atom is 0.507 e. The van der Waals surface area contributed by atoms with E-state index in [2.05, 4.69) is 9.47 Å². The molecule has 0 aromatic rings. The van der Waals surface area contributed by atoms with Crippen LogP contribution in [0.2, 0.25) is 0 Å². The Kier molecular flexibility index (Phi) is 4.65. The summed E-state index contributed by atoms with van der Waals surface area (Å²) in [5.41, 5.74) is 0. The first-order valence-electron chi connectivity index (χ1n) is 3.34. The Bertz CT molecular complexity index is 230. The molecule has 0 unspecified atom stereocenters. The molecule has 0 amide bonds. The van der Waals surface area contributed by atoms with Crippen molar-refractivity contribution < 1.29 is 22.7 Å². The zero-order valence-electron chi connectivity index (χ0n) is 7.07. The van der Waals surface area contributed by atoms with E-state index in [-0.39, 0.29) is 12.4 Å². The van der Waals surface area contributed by atoms with Crippen LogP contribution in [0.4, 0.5) is 4.79 Å². The predicted molar refractivity (Wildman–Crippen MR) is 42.7 cm³/mol. The van der Waals surface area contributed by atoms with E-state index >= 15 is 0 Å². The normalized spacial score (nSPS) is 10.8. The SMILES string of the molecule is COC(=O)OCCCS(C)(=O)=O. The molecule has 0 fully saturated rings. The van der Waals surface area contributed by atoms with Crippen LogP contribution in [-0.4, -0.2) is 40.3 Å². The predicted octanol–water partition coefficient (Wildman–Crippen LogP) is 0.204. The highest BCUT2D eigenvalue weighted by Gasteiger charge is 2.03. The molecule has 0 radical (unpaired) electrons. The number of hydrogen-bond donors (Lipinski definition) is 0. The fraction of sp³-hybridized carbons (Fsp3) is 0.833. The molecule has 0 aliphatic carbocycles. The highest BCUT2D eigenvalue weighted by molar-refractivity contribution is 7.90. The van der Waals surface area contributed by atoms with Crippen molar-refractivity contribution in [1.29, 1.82) is 0 Å². The second-order valence-electron chi connectivity index (χ2n) is 2.29. The highest BCUT2D eigenvalue weighted by atomic mass is 32.2. The Hall–Kier alpha value is -0.780. The fourth-order valence-corrected chi connectivity index (χ4v) is 1.18. The van der Waals surface area contributed by atoms with Gasteiger partial charge in [0.05, 0.1) is 19.5 Å². The van der Waals surface area contributed by atoms with E-state index < -0.39 is 16.0 Å². The van der Waals surface area contributed by atoms with E-state index in [0.29, 0.717) is 6.42 Å². The van der Waals surface area contributed by atoms with Crippen molar-refractivity contribution in [2.75, 3.05) is 25.7 Å². The third-order valence-corrected chi connectivity index (χ3v) is 2.08. The second-order valence-corrected chi connectivity index (χ2v) is 4.55. The van der Waals surface area contributed by atoms with Crippen molar-refractivity contribution in [1.82, 2.24) is 0 Å². The minimum absolute atomic E-state index is 0.0179. The van der Waals surface area contributed by atoms with Gasteiger partial charge in [-0.25, -0.2) is 13.2 Å². The largest absolute Gasteiger partial charge is 0.507 e. The zero-order valence-corrected chi connectivity index (χ0v) is 7.89. The summed E-state index contributed by atoms with van der Waals surface area (Å²) in [6.45, 7) is 0.0692. The van der Waals surface area contributed by atoms with E-state index in [0.717, 1.165) is 6.26 Å². The van der Waals surface area contributed by atoms with Crippen LogP contribution in [0.3, 0.4) is 0 Å². The minimum Gasteiger partial charge on any atom is -0.438 e. The Morgan fingerprint density at radius 1 is 1.42 bits per heavy atom. The Morgan fingerprint density at radius 2 is 2.00 bits per heavy atom. The Labute approximate surface area is 71.6 Å². The minimum atomic E-state index is -2.96. The molecule has 0 heterocycles. The van der Waals surface area contributed by atoms with Gasteiger partial charge in [-0.15, -0.1) is 0 Å². The first-order chi connectivity index (χ1) is 5.45. The molecule has 0 N–H and O–H groups in total.